The van der Waals surface area contributed by atoms with Gasteiger partial charge in [-0.15, -0.1) is 0 Å². The van der Waals surface area contributed by atoms with Crippen LogP contribution < -0.4 is 0 Å². The Bertz CT molecular complexity index is 1050. The van der Waals surface area contributed by atoms with E-state index in [9.17, 15) is 9.90 Å². The number of aromatic nitrogens is 1. The van der Waals surface area contributed by atoms with Gasteiger partial charge >= 0.3 is 0 Å². The number of carbonyl (C=O) groups excluding carboxylic acids is 1. The van der Waals surface area contributed by atoms with E-state index in [4.69, 9.17) is 4.74 Å². The molecule has 150 valence electrons. The number of fused-ring (bicyclic) bond motifs is 4. The minimum absolute atomic E-state index is 0.137. The number of aromatic hydroxyl groups is 1. The molecule has 2 aromatic carbocycles. The molecular weight excluding hydrogens is 364 g/mol. The smallest absolute Gasteiger partial charge is 0.229 e. The molecule has 1 spiro atoms. The van der Waals surface area contributed by atoms with Crippen LogP contribution in [0.2, 0.25) is 0 Å². The zero-order valence-corrected chi connectivity index (χ0v) is 16.6. The van der Waals surface area contributed by atoms with E-state index < -0.39 is 0 Å². The number of phenolic OH excluding ortho intramolecular Hbond substituents is 1. The first-order valence-corrected chi connectivity index (χ1v) is 10.4. The van der Waals surface area contributed by atoms with Crippen molar-refractivity contribution in [1.82, 2.24) is 9.88 Å². The summed E-state index contributed by atoms with van der Waals surface area (Å²) in [6, 6.07) is 15.4. The third-order valence-corrected chi connectivity index (χ3v) is 6.65. The normalized spacial score (nSPS) is 19.3. The van der Waals surface area contributed by atoms with Crippen LogP contribution in [0.4, 0.5) is 0 Å². The lowest BCUT2D eigenvalue weighted by Gasteiger charge is -2.44. The predicted octanol–water partition coefficient (Wildman–Crippen LogP) is 4.07. The quantitative estimate of drug-likeness (QED) is 0.693. The number of rotatable bonds is 2. The molecule has 1 fully saturated rings. The zero-order valence-electron chi connectivity index (χ0n) is 16.6. The number of nitrogens with one attached hydrogen (secondary N) is 1. The second-order valence-electron chi connectivity index (χ2n) is 8.26. The minimum Gasteiger partial charge on any atom is -0.508 e. The highest BCUT2D eigenvalue weighted by Crippen LogP contribution is 2.43. The Labute approximate surface area is 170 Å². The van der Waals surface area contributed by atoms with Crippen molar-refractivity contribution in [3.8, 4) is 5.75 Å². The number of carbonyl (C=O) groups is 1. The summed E-state index contributed by atoms with van der Waals surface area (Å²) in [7, 11) is 0. The molecule has 3 heterocycles. The Balaban J connectivity index is 1.35. The summed E-state index contributed by atoms with van der Waals surface area (Å²) in [5.74, 6) is 0.135. The van der Waals surface area contributed by atoms with E-state index in [0.717, 1.165) is 31.4 Å². The van der Waals surface area contributed by atoms with Crippen molar-refractivity contribution in [2.24, 2.45) is 0 Å². The number of phenols is 1. The van der Waals surface area contributed by atoms with Crippen LogP contribution >= 0.6 is 0 Å². The average Bonchev–Trinajstić information content (AvgIpc) is 3.14. The molecule has 0 saturated carbocycles. The third kappa shape index (κ3) is 3.01. The summed E-state index contributed by atoms with van der Waals surface area (Å²) in [5, 5.41) is 10.8. The molecule has 1 aromatic heterocycles. The standard InChI is InChI=1S/C24H26N2O3/c1-16(17-6-8-18(27)9-7-17)23(28)26-13-11-24(12-14-26)22-20(10-15-29-24)19-4-2-3-5-21(19)25-22/h2-9,16,25,27H,10-15H2,1H3. The van der Waals surface area contributed by atoms with Gasteiger partial charge in [0.05, 0.1) is 18.2 Å². The van der Waals surface area contributed by atoms with E-state index in [-0.39, 0.29) is 23.2 Å². The summed E-state index contributed by atoms with van der Waals surface area (Å²) in [6.07, 6.45) is 2.54. The van der Waals surface area contributed by atoms with Gasteiger partial charge in [-0.1, -0.05) is 30.3 Å². The number of H-pyrrole nitrogens is 1. The Kier molecular flexibility index (Phi) is 4.36. The Morgan fingerprint density at radius 3 is 2.62 bits per heavy atom. The van der Waals surface area contributed by atoms with E-state index in [1.807, 2.05) is 24.0 Å². The van der Waals surface area contributed by atoms with Crippen molar-refractivity contribution >= 4 is 16.8 Å². The van der Waals surface area contributed by atoms with Gasteiger partial charge < -0.3 is 19.7 Å². The molecule has 2 aliphatic heterocycles. The van der Waals surface area contributed by atoms with Gasteiger partial charge in [0.1, 0.15) is 11.4 Å². The number of likely N-dealkylation sites (tertiary alicyclic amines) is 1. The van der Waals surface area contributed by atoms with Crippen LogP contribution in [-0.2, 0) is 21.6 Å². The van der Waals surface area contributed by atoms with Crippen molar-refractivity contribution in [2.45, 2.75) is 37.7 Å². The molecule has 0 bridgehead atoms. The molecule has 1 amide bonds. The number of hydrogen-bond acceptors (Lipinski definition) is 3. The SMILES string of the molecule is CC(C(=O)N1CCC2(CC1)OCCc1c2[nH]c2ccccc12)c1ccc(O)cc1. The number of ether oxygens (including phenoxy) is 1. The summed E-state index contributed by atoms with van der Waals surface area (Å²) in [5.41, 5.74) is 4.37. The highest BCUT2D eigenvalue weighted by atomic mass is 16.5. The van der Waals surface area contributed by atoms with Crippen LogP contribution in [0.1, 0.15) is 42.5 Å². The monoisotopic (exact) mass is 390 g/mol. The highest BCUT2D eigenvalue weighted by molar-refractivity contribution is 5.85. The van der Waals surface area contributed by atoms with Crippen molar-refractivity contribution in [3.05, 3.63) is 65.4 Å². The molecule has 5 heteroatoms. The summed E-state index contributed by atoms with van der Waals surface area (Å²) in [4.78, 5) is 18.6. The molecule has 0 aliphatic carbocycles. The van der Waals surface area contributed by atoms with Gasteiger partial charge in [0.2, 0.25) is 5.91 Å². The first kappa shape index (κ1) is 18.3. The average molecular weight is 390 g/mol. The second-order valence-corrected chi connectivity index (χ2v) is 8.26. The second kappa shape index (κ2) is 6.92. The maximum absolute atomic E-state index is 13.1. The zero-order chi connectivity index (χ0) is 20.0. The van der Waals surface area contributed by atoms with Gasteiger partial charge in [0.15, 0.2) is 0 Å². The molecule has 1 saturated heterocycles. The largest absolute Gasteiger partial charge is 0.508 e. The van der Waals surface area contributed by atoms with E-state index >= 15 is 0 Å². The third-order valence-electron chi connectivity index (χ3n) is 6.65. The molecule has 2 N–H and O–H groups in total. The fraction of sp³-hybridized carbons (Fsp3) is 0.375. The van der Waals surface area contributed by atoms with Crippen LogP contribution in [0.5, 0.6) is 5.75 Å². The first-order chi connectivity index (χ1) is 14.1. The highest BCUT2D eigenvalue weighted by Gasteiger charge is 2.43. The van der Waals surface area contributed by atoms with Gasteiger partial charge in [0.25, 0.3) is 0 Å². The molecular formula is C24H26N2O3. The summed E-state index contributed by atoms with van der Waals surface area (Å²) < 4.78 is 6.35. The van der Waals surface area contributed by atoms with Crippen LogP contribution in [0, 0.1) is 0 Å². The maximum Gasteiger partial charge on any atom is 0.229 e. The number of amides is 1. The van der Waals surface area contributed by atoms with E-state index in [0.29, 0.717) is 13.1 Å². The summed E-state index contributed by atoms with van der Waals surface area (Å²) >= 11 is 0. The number of para-hydroxylation sites is 1. The number of nitrogens with zero attached hydrogens (tertiary/aromatic N) is 1. The lowest BCUT2D eigenvalue weighted by atomic mass is 9.82. The lowest BCUT2D eigenvalue weighted by Crippen LogP contribution is -2.49. The van der Waals surface area contributed by atoms with Gasteiger partial charge in [-0.3, -0.25) is 4.79 Å². The van der Waals surface area contributed by atoms with Gasteiger partial charge in [-0.2, -0.15) is 0 Å². The van der Waals surface area contributed by atoms with Crippen molar-refractivity contribution in [1.29, 1.82) is 0 Å². The fourth-order valence-electron chi connectivity index (χ4n) is 4.93. The summed E-state index contributed by atoms with van der Waals surface area (Å²) in [6.45, 7) is 4.05. The molecule has 1 atom stereocenters. The van der Waals surface area contributed by atoms with Crippen LogP contribution in [-0.4, -0.2) is 40.6 Å². The van der Waals surface area contributed by atoms with Crippen LogP contribution in [0.3, 0.4) is 0 Å². The molecule has 5 rings (SSSR count). The molecule has 3 aromatic rings. The van der Waals surface area contributed by atoms with E-state index in [1.54, 1.807) is 12.1 Å². The first-order valence-electron chi connectivity index (χ1n) is 10.4. The van der Waals surface area contributed by atoms with E-state index in [2.05, 4.69) is 29.2 Å². The Morgan fingerprint density at radius 2 is 1.86 bits per heavy atom. The van der Waals surface area contributed by atoms with Crippen molar-refractivity contribution < 1.29 is 14.6 Å². The van der Waals surface area contributed by atoms with Gasteiger partial charge in [0, 0.05) is 24.0 Å². The van der Waals surface area contributed by atoms with Gasteiger partial charge in [-0.05, 0) is 55.5 Å². The van der Waals surface area contributed by atoms with Crippen LogP contribution in [0.25, 0.3) is 10.9 Å². The number of aromatic amines is 1. The molecule has 1 unspecified atom stereocenters. The van der Waals surface area contributed by atoms with Crippen LogP contribution in [0.15, 0.2) is 48.5 Å². The van der Waals surface area contributed by atoms with Gasteiger partial charge in [-0.25, -0.2) is 0 Å². The minimum atomic E-state index is -0.314. The Morgan fingerprint density at radius 1 is 1.14 bits per heavy atom. The maximum atomic E-state index is 13.1. The number of hydrogen-bond donors (Lipinski definition) is 2. The number of benzene rings is 2. The van der Waals surface area contributed by atoms with E-state index in [1.165, 1.54) is 22.2 Å². The van der Waals surface area contributed by atoms with Crippen molar-refractivity contribution in [2.75, 3.05) is 19.7 Å². The molecule has 0 radical (unpaired) electrons. The molecule has 29 heavy (non-hydrogen) atoms. The number of piperidine rings is 1. The Hall–Kier alpha value is -2.79. The molecule has 5 nitrogen and oxygen atoms in total. The lowest BCUT2D eigenvalue weighted by molar-refractivity contribution is -0.142. The topological polar surface area (TPSA) is 65.6 Å². The predicted molar refractivity (Wildman–Crippen MR) is 112 cm³/mol. The molecule has 2 aliphatic rings. The fourth-order valence-corrected chi connectivity index (χ4v) is 4.93. The van der Waals surface area contributed by atoms with Crippen molar-refractivity contribution in [3.63, 3.8) is 0 Å².